The first-order valence-corrected chi connectivity index (χ1v) is 6.24. The van der Waals surface area contributed by atoms with E-state index in [0.717, 1.165) is 36.9 Å². The lowest BCUT2D eigenvalue weighted by atomic mass is 9.95. The molecule has 0 amide bonds. The van der Waals surface area contributed by atoms with Gasteiger partial charge in [-0.05, 0) is 43.9 Å². The molecule has 3 nitrogen and oxygen atoms in total. The van der Waals surface area contributed by atoms with Crippen molar-refractivity contribution in [1.82, 2.24) is 4.98 Å². The van der Waals surface area contributed by atoms with Crippen molar-refractivity contribution < 1.29 is 0 Å². The number of nitrogens with two attached hydrogens (primary N) is 1. The molecule has 1 aromatic rings. The van der Waals surface area contributed by atoms with Crippen LogP contribution < -0.4 is 10.6 Å². The molecule has 4 heteroatoms. The predicted octanol–water partition coefficient (Wildman–Crippen LogP) is 2.30. The maximum atomic E-state index is 6.15. The van der Waals surface area contributed by atoms with Gasteiger partial charge in [0.2, 0.25) is 0 Å². The Balaban J connectivity index is 2.07. The van der Waals surface area contributed by atoms with Gasteiger partial charge in [0.05, 0.1) is 5.02 Å². The fraction of sp³-hybridized carbons (Fsp3) is 0.583. The minimum Gasteiger partial charge on any atom is -0.355 e. The van der Waals surface area contributed by atoms with Crippen LogP contribution in [0.3, 0.4) is 0 Å². The maximum absolute atomic E-state index is 6.15. The molecule has 2 heterocycles. The average Bonchev–Trinajstić information content (AvgIpc) is 2.30. The Morgan fingerprint density at radius 3 is 3.19 bits per heavy atom. The third-order valence-corrected chi connectivity index (χ3v) is 3.43. The van der Waals surface area contributed by atoms with Gasteiger partial charge >= 0.3 is 0 Å². The van der Waals surface area contributed by atoms with E-state index in [2.05, 4.69) is 9.88 Å². The van der Waals surface area contributed by atoms with Gasteiger partial charge in [-0.3, -0.25) is 0 Å². The molecule has 0 spiro atoms. The summed E-state index contributed by atoms with van der Waals surface area (Å²) in [6, 6.07) is 3.77. The van der Waals surface area contributed by atoms with E-state index in [4.69, 9.17) is 17.3 Å². The van der Waals surface area contributed by atoms with E-state index in [9.17, 15) is 0 Å². The molecule has 1 aliphatic rings. The maximum Gasteiger partial charge on any atom is 0.147 e. The van der Waals surface area contributed by atoms with Crippen molar-refractivity contribution in [2.75, 3.05) is 24.5 Å². The van der Waals surface area contributed by atoms with Crippen LogP contribution in [0.1, 0.15) is 19.3 Å². The first-order valence-electron chi connectivity index (χ1n) is 5.87. The van der Waals surface area contributed by atoms with Crippen molar-refractivity contribution >= 4 is 17.4 Å². The summed E-state index contributed by atoms with van der Waals surface area (Å²) in [4.78, 5) is 6.64. The van der Waals surface area contributed by atoms with Gasteiger partial charge in [-0.15, -0.1) is 0 Å². The van der Waals surface area contributed by atoms with E-state index in [0.29, 0.717) is 5.92 Å². The van der Waals surface area contributed by atoms with Crippen LogP contribution in [0.15, 0.2) is 18.3 Å². The Morgan fingerprint density at radius 1 is 1.56 bits per heavy atom. The minimum atomic E-state index is 0.692. The zero-order chi connectivity index (χ0) is 11.4. The Morgan fingerprint density at radius 2 is 2.44 bits per heavy atom. The summed E-state index contributed by atoms with van der Waals surface area (Å²) >= 11 is 6.15. The van der Waals surface area contributed by atoms with Crippen LogP contribution in [0.25, 0.3) is 0 Å². The van der Waals surface area contributed by atoms with Crippen LogP contribution in [0.4, 0.5) is 5.82 Å². The van der Waals surface area contributed by atoms with Crippen LogP contribution in [0.2, 0.25) is 5.02 Å². The molecule has 0 bridgehead atoms. The summed E-state index contributed by atoms with van der Waals surface area (Å²) in [6.07, 6.45) is 5.38. The van der Waals surface area contributed by atoms with Gasteiger partial charge in [0.25, 0.3) is 0 Å². The normalized spacial score (nSPS) is 21.1. The van der Waals surface area contributed by atoms with Crippen molar-refractivity contribution in [3.8, 4) is 0 Å². The molecule has 1 atom stereocenters. The van der Waals surface area contributed by atoms with E-state index >= 15 is 0 Å². The Kier molecular flexibility index (Phi) is 4.02. The zero-order valence-electron chi connectivity index (χ0n) is 9.40. The molecule has 1 aromatic heterocycles. The van der Waals surface area contributed by atoms with Crippen molar-refractivity contribution in [2.24, 2.45) is 11.7 Å². The lowest BCUT2D eigenvalue weighted by Gasteiger charge is -2.33. The molecule has 0 radical (unpaired) electrons. The number of hydrogen-bond donors (Lipinski definition) is 1. The molecule has 1 fully saturated rings. The second-order valence-corrected chi connectivity index (χ2v) is 4.75. The lowest BCUT2D eigenvalue weighted by molar-refractivity contribution is 0.394. The number of rotatable bonds is 3. The number of pyridine rings is 1. The van der Waals surface area contributed by atoms with Crippen LogP contribution in [0.5, 0.6) is 0 Å². The molecule has 1 unspecified atom stereocenters. The zero-order valence-corrected chi connectivity index (χ0v) is 10.2. The molecular weight excluding hydrogens is 222 g/mol. The molecule has 0 aromatic carbocycles. The van der Waals surface area contributed by atoms with Crippen molar-refractivity contribution in [3.05, 3.63) is 23.4 Å². The van der Waals surface area contributed by atoms with E-state index in [1.54, 1.807) is 6.20 Å². The monoisotopic (exact) mass is 239 g/mol. The first kappa shape index (κ1) is 11.7. The van der Waals surface area contributed by atoms with E-state index in [-0.39, 0.29) is 0 Å². The topological polar surface area (TPSA) is 42.1 Å². The average molecular weight is 240 g/mol. The predicted molar refractivity (Wildman–Crippen MR) is 67.9 cm³/mol. The third kappa shape index (κ3) is 2.66. The van der Waals surface area contributed by atoms with Gasteiger partial charge in [-0.1, -0.05) is 11.6 Å². The minimum absolute atomic E-state index is 0.692. The van der Waals surface area contributed by atoms with Crippen LogP contribution >= 0.6 is 11.6 Å². The molecule has 0 aliphatic carbocycles. The highest BCUT2D eigenvalue weighted by Crippen LogP contribution is 2.28. The molecule has 0 saturated carbocycles. The van der Waals surface area contributed by atoms with Gasteiger partial charge < -0.3 is 10.6 Å². The third-order valence-electron chi connectivity index (χ3n) is 3.13. The molecule has 1 aliphatic heterocycles. The van der Waals surface area contributed by atoms with E-state index in [1.165, 1.54) is 12.8 Å². The summed E-state index contributed by atoms with van der Waals surface area (Å²) in [5.74, 6) is 1.61. The van der Waals surface area contributed by atoms with Crippen molar-refractivity contribution in [1.29, 1.82) is 0 Å². The summed E-state index contributed by atoms with van der Waals surface area (Å²) < 4.78 is 0. The molecule has 1 saturated heterocycles. The van der Waals surface area contributed by atoms with Crippen molar-refractivity contribution in [3.63, 3.8) is 0 Å². The summed E-state index contributed by atoms with van der Waals surface area (Å²) in [5, 5.41) is 0.746. The smallest absolute Gasteiger partial charge is 0.147 e. The summed E-state index contributed by atoms with van der Waals surface area (Å²) in [5.41, 5.74) is 5.61. The fourth-order valence-corrected chi connectivity index (χ4v) is 2.58. The van der Waals surface area contributed by atoms with Gasteiger partial charge in [0.15, 0.2) is 0 Å². The van der Waals surface area contributed by atoms with Gasteiger partial charge in [0.1, 0.15) is 5.82 Å². The van der Waals surface area contributed by atoms with E-state index in [1.807, 2.05) is 12.1 Å². The highest BCUT2D eigenvalue weighted by Gasteiger charge is 2.21. The summed E-state index contributed by atoms with van der Waals surface area (Å²) in [6.45, 7) is 2.86. The highest BCUT2D eigenvalue weighted by atomic mass is 35.5. The molecule has 2 N–H and O–H groups in total. The Bertz CT molecular complexity index is 341. The first-order chi connectivity index (χ1) is 7.81. The van der Waals surface area contributed by atoms with Crippen molar-refractivity contribution in [2.45, 2.75) is 19.3 Å². The van der Waals surface area contributed by atoms with E-state index < -0.39 is 0 Å². The molecule has 16 heavy (non-hydrogen) atoms. The van der Waals surface area contributed by atoms with Gasteiger partial charge in [-0.2, -0.15) is 0 Å². The quantitative estimate of drug-likeness (QED) is 0.880. The van der Waals surface area contributed by atoms with Gasteiger partial charge in [0, 0.05) is 19.3 Å². The number of anilines is 1. The number of hydrogen-bond acceptors (Lipinski definition) is 3. The standard InChI is InChI=1S/C12H18ClN3/c13-11-4-1-7-15-12(11)16-8-2-3-10(9-16)5-6-14/h1,4,7,10H,2-3,5-6,8-9,14H2. The Hall–Kier alpha value is -0.800. The molecule has 2 rings (SSSR count). The Labute approximate surface area is 102 Å². The lowest BCUT2D eigenvalue weighted by Crippen LogP contribution is -2.36. The fourth-order valence-electron chi connectivity index (χ4n) is 2.34. The highest BCUT2D eigenvalue weighted by molar-refractivity contribution is 6.32. The number of nitrogens with zero attached hydrogens (tertiary/aromatic N) is 2. The van der Waals surface area contributed by atoms with Crippen LogP contribution in [-0.2, 0) is 0 Å². The summed E-state index contributed by atoms with van der Waals surface area (Å²) in [7, 11) is 0. The second-order valence-electron chi connectivity index (χ2n) is 4.34. The van der Waals surface area contributed by atoms with Crippen LogP contribution in [-0.4, -0.2) is 24.6 Å². The number of piperidine rings is 1. The molecule has 88 valence electrons. The number of halogens is 1. The second kappa shape index (κ2) is 5.51. The SMILES string of the molecule is NCCC1CCCN(c2ncccc2Cl)C1. The van der Waals surface area contributed by atoms with Crippen LogP contribution in [0, 0.1) is 5.92 Å². The molecular formula is C12H18ClN3. The number of aromatic nitrogens is 1. The largest absolute Gasteiger partial charge is 0.355 e. The van der Waals surface area contributed by atoms with Gasteiger partial charge in [-0.25, -0.2) is 4.98 Å².